The van der Waals surface area contributed by atoms with Crippen LogP contribution in [0.3, 0.4) is 0 Å². The van der Waals surface area contributed by atoms with Crippen LogP contribution in [0.25, 0.3) is 16.6 Å². The number of nitrogens with zero attached hydrogens (tertiary/aromatic N) is 2. The van der Waals surface area contributed by atoms with E-state index in [1.54, 1.807) is 35.1 Å². The summed E-state index contributed by atoms with van der Waals surface area (Å²) in [5.41, 5.74) is 1.51. The molecule has 3 nitrogen and oxygen atoms in total. The lowest BCUT2D eigenvalue weighted by Crippen LogP contribution is -1.95. The van der Waals surface area contributed by atoms with Crippen LogP contribution in [-0.4, -0.2) is 14.9 Å². The van der Waals surface area contributed by atoms with E-state index in [0.717, 1.165) is 16.6 Å². The van der Waals surface area contributed by atoms with Crippen LogP contribution in [0.5, 0.6) is 5.75 Å². The molecule has 5 heteroatoms. The van der Waals surface area contributed by atoms with Crippen LogP contribution in [0.15, 0.2) is 47.1 Å². The quantitative estimate of drug-likeness (QED) is 0.745. The predicted octanol–water partition coefficient (Wildman–Crippen LogP) is 3.63. The van der Waals surface area contributed by atoms with Gasteiger partial charge in [0.15, 0.2) is 0 Å². The van der Waals surface area contributed by atoms with Gasteiger partial charge in [-0.1, -0.05) is 0 Å². The van der Waals surface area contributed by atoms with E-state index in [-0.39, 0.29) is 11.6 Å². The average Bonchev–Trinajstić information content (AvgIpc) is 2.74. The third kappa shape index (κ3) is 1.76. The van der Waals surface area contributed by atoms with Crippen molar-refractivity contribution < 1.29 is 9.50 Å². The molecule has 3 aromatic rings. The Labute approximate surface area is 111 Å². The minimum absolute atomic E-state index is 0.145. The summed E-state index contributed by atoms with van der Waals surface area (Å²) >= 11 is 3.25. The molecule has 0 aliphatic carbocycles. The molecule has 0 saturated carbocycles. The van der Waals surface area contributed by atoms with Crippen molar-refractivity contribution in [2.45, 2.75) is 0 Å². The largest absolute Gasteiger partial charge is 0.507 e. The molecule has 1 N–H and O–H groups in total. The first-order chi connectivity index (χ1) is 8.65. The number of phenols is 1. The maximum Gasteiger partial charge on any atom is 0.131 e. The van der Waals surface area contributed by atoms with Gasteiger partial charge in [0.2, 0.25) is 0 Å². The fraction of sp³-hybridized carbons (Fsp3) is 0. The summed E-state index contributed by atoms with van der Waals surface area (Å²) in [6, 6.07) is 9.44. The molecular formula is C13H8BrFN2O. The van der Waals surface area contributed by atoms with Gasteiger partial charge < -0.3 is 5.11 Å². The second kappa shape index (κ2) is 4.10. The van der Waals surface area contributed by atoms with Gasteiger partial charge in [0, 0.05) is 11.5 Å². The maximum atomic E-state index is 12.9. The molecule has 1 aromatic heterocycles. The third-order valence-corrected chi connectivity index (χ3v) is 3.34. The van der Waals surface area contributed by atoms with Crippen molar-refractivity contribution in [2.24, 2.45) is 0 Å². The highest BCUT2D eigenvalue weighted by molar-refractivity contribution is 9.10. The van der Waals surface area contributed by atoms with Gasteiger partial charge in [-0.2, -0.15) is 5.10 Å². The number of hydrogen-bond acceptors (Lipinski definition) is 2. The van der Waals surface area contributed by atoms with Crippen molar-refractivity contribution in [1.82, 2.24) is 9.78 Å². The lowest BCUT2D eigenvalue weighted by molar-refractivity contribution is 0.472. The molecule has 2 aromatic carbocycles. The zero-order valence-corrected chi connectivity index (χ0v) is 10.7. The number of phenolic OH excluding ortho intramolecular Hbond substituents is 1. The molecule has 0 bridgehead atoms. The van der Waals surface area contributed by atoms with Crippen molar-refractivity contribution in [2.75, 3.05) is 0 Å². The highest BCUT2D eigenvalue weighted by Gasteiger charge is 2.08. The van der Waals surface area contributed by atoms with E-state index in [1.165, 1.54) is 12.1 Å². The van der Waals surface area contributed by atoms with E-state index < -0.39 is 0 Å². The van der Waals surface area contributed by atoms with Crippen molar-refractivity contribution >= 4 is 26.8 Å². The summed E-state index contributed by atoms with van der Waals surface area (Å²) in [7, 11) is 0. The minimum Gasteiger partial charge on any atom is -0.507 e. The van der Waals surface area contributed by atoms with Crippen LogP contribution in [0.1, 0.15) is 0 Å². The van der Waals surface area contributed by atoms with Gasteiger partial charge in [0.25, 0.3) is 0 Å². The Kier molecular flexibility index (Phi) is 2.56. The van der Waals surface area contributed by atoms with Crippen LogP contribution >= 0.6 is 15.9 Å². The molecular weight excluding hydrogens is 299 g/mol. The molecule has 90 valence electrons. The van der Waals surface area contributed by atoms with Crippen molar-refractivity contribution in [1.29, 1.82) is 0 Å². The normalized spacial score (nSPS) is 11.0. The van der Waals surface area contributed by atoms with Gasteiger partial charge in [-0.05, 0) is 46.3 Å². The molecule has 0 fully saturated rings. The average molecular weight is 307 g/mol. The highest BCUT2D eigenvalue weighted by Crippen LogP contribution is 2.30. The lowest BCUT2D eigenvalue weighted by Gasteiger charge is -2.04. The highest BCUT2D eigenvalue weighted by atomic mass is 79.9. The van der Waals surface area contributed by atoms with E-state index in [1.807, 2.05) is 0 Å². The van der Waals surface area contributed by atoms with Crippen LogP contribution in [0, 0.1) is 5.82 Å². The lowest BCUT2D eigenvalue weighted by atomic mass is 10.2. The molecule has 0 radical (unpaired) electrons. The Morgan fingerprint density at radius 1 is 1.17 bits per heavy atom. The molecule has 0 unspecified atom stereocenters. The summed E-state index contributed by atoms with van der Waals surface area (Å²) in [6.07, 6.45) is 1.70. The number of halogens is 2. The molecule has 0 spiro atoms. The zero-order chi connectivity index (χ0) is 12.7. The number of aromatic hydroxyl groups is 1. The maximum absolute atomic E-state index is 12.9. The van der Waals surface area contributed by atoms with Gasteiger partial charge in [0.1, 0.15) is 11.6 Å². The Balaban J connectivity index is 2.23. The summed E-state index contributed by atoms with van der Waals surface area (Å²) in [5.74, 6) is -0.146. The second-order valence-corrected chi connectivity index (χ2v) is 4.75. The van der Waals surface area contributed by atoms with Gasteiger partial charge in [-0.15, -0.1) is 0 Å². The smallest absolute Gasteiger partial charge is 0.131 e. The molecule has 0 amide bonds. The van der Waals surface area contributed by atoms with Crippen molar-refractivity contribution in [3.8, 4) is 11.4 Å². The molecule has 3 rings (SSSR count). The first-order valence-electron chi connectivity index (χ1n) is 5.27. The van der Waals surface area contributed by atoms with Crippen LogP contribution < -0.4 is 0 Å². The van der Waals surface area contributed by atoms with Gasteiger partial charge in [-0.3, -0.25) is 0 Å². The minimum atomic E-state index is -0.291. The van der Waals surface area contributed by atoms with Gasteiger partial charge in [-0.25, -0.2) is 9.07 Å². The topological polar surface area (TPSA) is 38.1 Å². The Morgan fingerprint density at radius 2 is 1.89 bits per heavy atom. The summed E-state index contributed by atoms with van der Waals surface area (Å²) in [6.45, 7) is 0. The first-order valence-corrected chi connectivity index (χ1v) is 6.06. The molecule has 0 saturated heterocycles. The Hall–Kier alpha value is -1.88. The number of rotatable bonds is 1. The number of fused-ring (bicyclic) bond motifs is 1. The molecule has 18 heavy (non-hydrogen) atoms. The second-order valence-electron chi connectivity index (χ2n) is 3.90. The van der Waals surface area contributed by atoms with E-state index in [2.05, 4.69) is 21.0 Å². The van der Waals surface area contributed by atoms with Crippen LogP contribution in [0.2, 0.25) is 0 Å². The van der Waals surface area contributed by atoms with Crippen LogP contribution in [-0.2, 0) is 0 Å². The van der Waals surface area contributed by atoms with Crippen molar-refractivity contribution in [3.63, 3.8) is 0 Å². The monoisotopic (exact) mass is 306 g/mol. The Bertz CT molecular complexity index is 722. The standard InChI is InChI=1S/C13H8BrFN2O/c14-11-5-8-7-16-17(12(8)6-13(11)18)10-3-1-9(15)2-4-10/h1-7,18H. The SMILES string of the molecule is Oc1cc2c(cnn2-c2ccc(F)cc2)cc1Br. The number of hydrogen-bond donors (Lipinski definition) is 1. The van der Waals surface area contributed by atoms with Gasteiger partial charge in [0.05, 0.1) is 21.9 Å². The molecule has 0 aliphatic heterocycles. The fourth-order valence-corrected chi connectivity index (χ4v) is 2.18. The number of benzene rings is 2. The fourth-order valence-electron chi connectivity index (χ4n) is 1.82. The zero-order valence-electron chi connectivity index (χ0n) is 9.14. The summed E-state index contributed by atoms with van der Waals surface area (Å²) < 4.78 is 15.2. The third-order valence-electron chi connectivity index (χ3n) is 2.71. The first kappa shape index (κ1) is 11.2. The summed E-state index contributed by atoms with van der Waals surface area (Å²) in [4.78, 5) is 0. The van der Waals surface area contributed by atoms with E-state index in [9.17, 15) is 9.50 Å². The Morgan fingerprint density at radius 3 is 2.61 bits per heavy atom. The van der Waals surface area contributed by atoms with Gasteiger partial charge >= 0.3 is 0 Å². The molecule has 0 atom stereocenters. The molecule has 1 heterocycles. The van der Waals surface area contributed by atoms with E-state index in [4.69, 9.17) is 0 Å². The van der Waals surface area contributed by atoms with Crippen LogP contribution in [0.4, 0.5) is 4.39 Å². The van der Waals surface area contributed by atoms with Crippen molar-refractivity contribution in [3.05, 3.63) is 52.9 Å². The predicted molar refractivity (Wildman–Crippen MR) is 70.4 cm³/mol. The number of aromatic nitrogens is 2. The van der Waals surface area contributed by atoms with E-state index >= 15 is 0 Å². The van der Waals surface area contributed by atoms with E-state index in [0.29, 0.717) is 4.47 Å². The summed E-state index contributed by atoms with van der Waals surface area (Å²) in [5, 5.41) is 14.8. The molecule has 0 aliphatic rings.